The number of carbonyl (C=O) groups is 1. The van der Waals surface area contributed by atoms with Crippen LogP contribution in [0.3, 0.4) is 0 Å². The van der Waals surface area contributed by atoms with E-state index >= 15 is 0 Å². The second-order valence-electron chi connectivity index (χ2n) is 10.7. The molecule has 1 aromatic heterocycles. The average Bonchev–Trinajstić information content (AvgIpc) is 3.47. The molecule has 37 heavy (non-hydrogen) atoms. The SMILES string of the molecule is C=C(C)Nc1ccn(C(=O)N2CCC3(CCCN3Cc3ccc(Cl)cc3N3CCC(F)(F)CC3)CC2)n1. The lowest BCUT2D eigenvalue weighted by molar-refractivity contribution is -0.0221. The minimum Gasteiger partial charge on any atom is -0.371 e. The maximum Gasteiger partial charge on any atom is 0.344 e. The molecular formula is C27H35ClF2N6O. The van der Waals surface area contributed by atoms with Crippen molar-refractivity contribution in [2.24, 2.45) is 0 Å². The van der Waals surface area contributed by atoms with E-state index in [1.165, 1.54) is 4.68 Å². The number of alkyl halides is 2. The molecule has 7 nitrogen and oxygen atoms in total. The Morgan fingerprint density at radius 3 is 2.51 bits per heavy atom. The molecule has 200 valence electrons. The molecule has 0 aliphatic carbocycles. The van der Waals surface area contributed by atoms with Crippen molar-refractivity contribution in [1.82, 2.24) is 19.6 Å². The highest BCUT2D eigenvalue weighted by molar-refractivity contribution is 6.30. The number of nitrogens with one attached hydrogen (secondary N) is 1. The topological polar surface area (TPSA) is 56.6 Å². The van der Waals surface area contributed by atoms with Crippen molar-refractivity contribution in [3.8, 4) is 0 Å². The van der Waals surface area contributed by atoms with Crippen molar-refractivity contribution >= 4 is 29.1 Å². The summed E-state index contributed by atoms with van der Waals surface area (Å²) in [6, 6.07) is 7.51. The Morgan fingerprint density at radius 2 is 1.81 bits per heavy atom. The third-order valence-electron chi connectivity index (χ3n) is 8.08. The van der Waals surface area contributed by atoms with Crippen LogP contribution in [0.15, 0.2) is 42.7 Å². The number of hydrogen-bond acceptors (Lipinski definition) is 5. The van der Waals surface area contributed by atoms with E-state index in [0.29, 0.717) is 37.0 Å². The zero-order valence-electron chi connectivity index (χ0n) is 21.4. The molecule has 2 aromatic rings. The zero-order valence-corrected chi connectivity index (χ0v) is 22.1. The van der Waals surface area contributed by atoms with Crippen molar-refractivity contribution in [1.29, 1.82) is 0 Å². The quantitative estimate of drug-likeness (QED) is 0.526. The Labute approximate surface area is 222 Å². The Balaban J connectivity index is 1.25. The number of benzene rings is 1. The highest BCUT2D eigenvalue weighted by atomic mass is 35.5. The lowest BCUT2D eigenvalue weighted by Gasteiger charge is -2.45. The van der Waals surface area contributed by atoms with Crippen molar-refractivity contribution in [3.05, 3.63) is 53.3 Å². The highest BCUT2D eigenvalue weighted by Crippen LogP contribution is 2.41. The summed E-state index contributed by atoms with van der Waals surface area (Å²) in [5, 5.41) is 8.00. The molecule has 0 unspecified atom stereocenters. The fraction of sp³-hybridized carbons (Fsp3) is 0.556. The number of piperidine rings is 2. The lowest BCUT2D eigenvalue weighted by Crippen LogP contribution is -2.53. The van der Waals surface area contributed by atoms with Gasteiger partial charge in [-0.15, -0.1) is 5.10 Å². The monoisotopic (exact) mass is 532 g/mol. The summed E-state index contributed by atoms with van der Waals surface area (Å²) in [5.41, 5.74) is 2.90. The number of hydrogen-bond donors (Lipinski definition) is 1. The van der Waals surface area contributed by atoms with E-state index in [4.69, 9.17) is 11.6 Å². The predicted molar refractivity (Wildman–Crippen MR) is 142 cm³/mol. The molecule has 1 amide bonds. The summed E-state index contributed by atoms with van der Waals surface area (Å²) in [6.07, 6.45) is 5.43. The van der Waals surface area contributed by atoms with Gasteiger partial charge in [0, 0.05) is 79.8 Å². The highest BCUT2D eigenvalue weighted by Gasteiger charge is 2.44. The first kappa shape index (κ1) is 26.0. The van der Waals surface area contributed by atoms with E-state index in [0.717, 1.165) is 55.7 Å². The maximum atomic E-state index is 13.8. The van der Waals surface area contributed by atoms with Gasteiger partial charge in [-0.3, -0.25) is 4.90 Å². The minimum atomic E-state index is -2.58. The minimum absolute atomic E-state index is 0.0411. The zero-order chi connectivity index (χ0) is 26.2. The fourth-order valence-corrected chi connectivity index (χ4v) is 6.19. The third-order valence-corrected chi connectivity index (χ3v) is 8.31. The average molecular weight is 533 g/mol. The number of amides is 1. The van der Waals surface area contributed by atoms with Crippen LogP contribution in [0.5, 0.6) is 0 Å². The Hall–Kier alpha value is -2.65. The van der Waals surface area contributed by atoms with Crippen molar-refractivity contribution in [3.63, 3.8) is 0 Å². The molecule has 3 saturated heterocycles. The van der Waals surface area contributed by atoms with Crippen molar-refractivity contribution in [2.45, 2.75) is 63.5 Å². The molecule has 3 aliphatic rings. The fourth-order valence-electron chi connectivity index (χ4n) is 6.03. The summed E-state index contributed by atoms with van der Waals surface area (Å²) < 4.78 is 29.0. The van der Waals surface area contributed by atoms with Crippen molar-refractivity contribution < 1.29 is 13.6 Å². The number of anilines is 2. The van der Waals surface area contributed by atoms with Gasteiger partial charge in [-0.1, -0.05) is 24.2 Å². The molecule has 5 rings (SSSR count). The second-order valence-corrected chi connectivity index (χ2v) is 11.1. The first-order chi connectivity index (χ1) is 17.6. The van der Waals surface area contributed by atoms with E-state index in [-0.39, 0.29) is 24.4 Å². The molecule has 1 spiro atoms. The molecule has 0 saturated carbocycles. The van der Waals surface area contributed by atoms with Gasteiger partial charge in [-0.05, 0) is 56.8 Å². The van der Waals surface area contributed by atoms with E-state index in [1.54, 1.807) is 12.3 Å². The lowest BCUT2D eigenvalue weighted by atomic mass is 9.84. The van der Waals surface area contributed by atoms with Crippen LogP contribution in [0.1, 0.15) is 51.0 Å². The normalized spacial score (nSPS) is 21.4. The van der Waals surface area contributed by atoms with Gasteiger partial charge >= 0.3 is 6.03 Å². The van der Waals surface area contributed by atoms with Crippen LogP contribution < -0.4 is 10.2 Å². The molecule has 3 aliphatic heterocycles. The van der Waals surface area contributed by atoms with E-state index in [9.17, 15) is 13.6 Å². The summed E-state index contributed by atoms with van der Waals surface area (Å²) in [4.78, 5) is 19.5. The molecule has 0 atom stereocenters. The number of halogens is 3. The number of carbonyl (C=O) groups excluding carboxylic acids is 1. The largest absolute Gasteiger partial charge is 0.371 e. The standard InChI is InChI=1S/C27H35ClF2N6O/c1-20(2)31-24-6-13-36(32-24)25(37)34-14-8-26(9-15-34)7-3-12-35(26)19-21-4-5-22(28)18-23(21)33-16-10-27(29,30)11-17-33/h4-6,13,18H,1,3,7-12,14-17,19H2,2H3,(H,31,32). The Morgan fingerprint density at radius 1 is 1.08 bits per heavy atom. The van der Waals surface area contributed by atoms with Crippen LogP contribution in [0.2, 0.25) is 5.02 Å². The van der Waals surface area contributed by atoms with E-state index < -0.39 is 5.92 Å². The summed E-state index contributed by atoms with van der Waals surface area (Å²) in [7, 11) is 0. The maximum absolute atomic E-state index is 13.8. The number of allylic oxidation sites excluding steroid dienone is 1. The van der Waals surface area contributed by atoms with Gasteiger partial charge in [-0.2, -0.15) is 4.68 Å². The smallest absolute Gasteiger partial charge is 0.344 e. The number of rotatable bonds is 5. The van der Waals surface area contributed by atoms with Crippen LogP contribution in [0.25, 0.3) is 0 Å². The summed E-state index contributed by atoms with van der Waals surface area (Å²) in [5.74, 6) is -1.98. The molecule has 0 bridgehead atoms. The molecular weight excluding hydrogens is 498 g/mol. The van der Waals surface area contributed by atoms with Crippen LogP contribution in [-0.4, -0.2) is 69.8 Å². The first-order valence-corrected chi connectivity index (χ1v) is 13.5. The summed E-state index contributed by atoms with van der Waals surface area (Å²) in [6.45, 7) is 9.41. The molecule has 10 heteroatoms. The third kappa shape index (κ3) is 5.62. The Kier molecular flexibility index (Phi) is 7.20. The van der Waals surface area contributed by atoms with Gasteiger partial charge in [0.15, 0.2) is 5.82 Å². The molecule has 1 N–H and O–H groups in total. The van der Waals surface area contributed by atoms with Crippen LogP contribution in [-0.2, 0) is 6.54 Å². The molecule has 0 radical (unpaired) electrons. The van der Waals surface area contributed by atoms with Gasteiger partial charge in [0.1, 0.15) is 0 Å². The van der Waals surface area contributed by atoms with Crippen LogP contribution in [0.4, 0.5) is 25.1 Å². The van der Waals surface area contributed by atoms with Crippen LogP contribution >= 0.6 is 11.6 Å². The molecule has 4 heterocycles. The molecule has 3 fully saturated rings. The van der Waals surface area contributed by atoms with E-state index in [1.807, 2.05) is 30.0 Å². The Bertz CT molecular complexity index is 1150. The van der Waals surface area contributed by atoms with E-state index in [2.05, 4.69) is 26.8 Å². The predicted octanol–water partition coefficient (Wildman–Crippen LogP) is 5.82. The number of aromatic nitrogens is 2. The first-order valence-electron chi connectivity index (χ1n) is 13.1. The van der Waals surface area contributed by atoms with Gasteiger partial charge < -0.3 is 15.1 Å². The van der Waals surface area contributed by atoms with Gasteiger partial charge in [-0.25, -0.2) is 13.6 Å². The molecule has 1 aromatic carbocycles. The van der Waals surface area contributed by atoms with Crippen LogP contribution in [0, 0.1) is 0 Å². The second kappa shape index (κ2) is 10.3. The summed E-state index contributed by atoms with van der Waals surface area (Å²) >= 11 is 6.33. The van der Waals surface area contributed by atoms with Crippen molar-refractivity contribution in [2.75, 3.05) is 42.9 Å². The number of nitrogens with zero attached hydrogens (tertiary/aromatic N) is 5. The van der Waals surface area contributed by atoms with Gasteiger partial charge in [0.05, 0.1) is 0 Å². The van der Waals surface area contributed by atoms with Gasteiger partial charge in [0.25, 0.3) is 5.92 Å². The number of likely N-dealkylation sites (tertiary alicyclic amines) is 2. The van der Waals surface area contributed by atoms with Gasteiger partial charge in [0.2, 0.25) is 0 Å².